The lowest BCUT2D eigenvalue weighted by Gasteiger charge is -2.43. The van der Waals surface area contributed by atoms with Gasteiger partial charge in [-0.05, 0) is 61.7 Å². The fraction of sp³-hybridized carbons (Fsp3) is 0.290. The number of anilines is 2. The number of carbonyl (C=O) groups is 2. The number of carbonyl (C=O) groups excluding carboxylic acids is 1. The first kappa shape index (κ1) is 29.1. The molecule has 3 aromatic heterocycles. The number of piperidine rings is 1. The Bertz CT molecular complexity index is 1710. The van der Waals surface area contributed by atoms with E-state index in [-0.39, 0.29) is 28.6 Å². The van der Waals surface area contributed by atoms with Crippen molar-refractivity contribution in [1.82, 2.24) is 24.8 Å². The Balaban J connectivity index is 1.31. The zero-order valence-corrected chi connectivity index (χ0v) is 24.1. The SMILES string of the molecule is COc1cc(N2C(O)N(c3ccc(-c4ccc(C(=O)O)cc4F)nc3)C(=O)C23CCN(Cc2ncccc2C)CC3)ncn1. The number of benzene rings is 1. The van der Waals surface area contributed by atoms with Gasteiger partial charge in [-0.1, -0.05) is 6.07 Å². The van der Waals surface area contributed by atoms with Crippen LogP contribution in [0.2, 0.25) is 0 Å². The van der Waals surface area contributed by atoms with Crippen molar-refractivity contribution in [2.24, 2.45) is 0 Å². The number of nitrogens with zero attached hydrogens (tertiary/aromatic N) is 7. The number of aromatic carboxylic acids is 1. The molecule has 1 amide bonds. The summed E-state index contributed by atoms with van der Waals surface area (Å²) in [6.45, 7) is 3.80. The number of methoxy groups -OCH3 is 1. The Morgan fingerprint density at radius 3 is 2.55 bits per heavy atom. The molecule has 12 nitrogen and oxygen atoms in total. The molecule has 2 aliphatic rings. The third kappa shape index (κ3) is 5.09. The van der Waals surface area contributed by atoms with Gasteiger partial charge in [-0.25, -0.2) is 19.2 Å². The molecule has 6 rings (SSSR count). The van der Waals surface area contributed by atoms with Crippen molar-refractivity contribution in [1.29, 1.82) is 0 Å². The van der Waals surface area contributed by atoms with Crippen molar-refractivity contribution >= 4 is 23.4 Å². The van der Waals surface area contributed by atoms with Crippen LogP contribution in [-0.2, 0) is 11.3 Å². The van der Waals surface area contributed by atoms with Crippen LogP contribution in [0.4, 0.5) is 15.9 Å². The molecule has 0 bridgehead atoms. The number of rotatable bonds is 7. The van der Waals surface area contributed by atoms with Crippen LogP contribution in [0.15, 0.2) is 67.3 Å². The summed E-state index contributed by atoms with van der Waals surface area (Å²) in [7, 11) is 1.48. The minimum absolute atomic E-state index is 0.108. The third-order valence-electron chi connectivity index (χ3n) is 8.32. The highest BCUT2D eigenvalue weighted by molar-refractivity contribution is 6.06. The average molecular weight is 600 g/mol. The summed E-state index contributed by atoms with van der Waals surface area (Å²) in [6.07, 6.45) is 3.87. The van der Waals surface area contributed by atoms with Crippen molar-refractivity contribution in [3.8, 4) is 17.1 Å². The predicted octanol–water partition coefficient (Wildman–Crippen LogP) is 3.25. The van der Waals surface area contributed by atoms with Crippen molar-refractivity contribution in [3.05, 3.63) is 89.9 Å². The van der Waals surface area contributed by atoms with Crippen LogP contribution in [0.25, 0.3) is 11.3 Å². The van der Waals surface area contributed by atoms with E-state index in [2.05, 4.69) is 24.8 Å². The summed E-state index contributed by atoms with van der Waals surface area (Å²) in [4.78, 5) is 48.0. The lowest BCUT2D eigenvalue weighted by molar-refractivity contribution is -0.123. The molecule has 1 unspecified atom stereocenters. The number of aliphatic hydroxyl groups is 1. The second-order valence-corrected chi connectivity index (χ2v) is 10.8. The van der Waals surface area contributed by atoms with Crippen LogP contribution in [0.5, 0.6) is 5.88 Å². The highest BCUT2D eigenvalue weighted by atomic mass is 19.1. The minimum atomic E-state index is -1.43. The monoisotopic (exact) mass is 599 g/mol. The average Bonchev–Trinajstić information content (AvgIpc) is 3.24. The topological polar surface area (TPSA) is 145 Å². The molecular formula is C31H30FN7O5. The summed E-state index contributed by atoms with van der Waals surface area (Å²) >= 11 is 0. The van der Waals surface area contributed by atoms with Crippen molar-refractivity contribution in [3.63, 3.8) is 0 Å². The lowest BCUT2D eigenvalue weighted by Crippen LogP contribution is -2.57. The van der Waals surface area contributed by atoms with E-state index in [1.807, 2.05) is 19.1 Å². The van der Waals surface area contributed by atoms with E-state index >= 15 is 0 Å². The normalized spacial score (nSPS) is 18.2. The molecule has 1 atom stereocenters. The number of carboxylic acid groups (broad SMARTS) is 1. The second-order valence-electron chi connectivity index (χ2n) is 10.8. The van der Waals surface area contributed by atoms with Crippen LogP contribution in [-0.4, -0.2) is 79.0 Å². The van der Waals surface area contributed by atoms with Gasteiger partial charge in [0.2, 0.25) is 12.2 Å². The lowest BCUT2D eigenvalue weighted by atomic mass is 9.85. The molecule has 4 aromatic rings. The van der Waals surface area contributed by atoms with Gasteiger partial charge in [0.05, 0.1) is 35.9 Å². The Morgan fingerprint density at radius 2 is 1.89 bits per heavy atom. The molecule has 13 heteroatoms. The highest BCUT2D eigenvalue weighted by Crippen LogP contribution is 2.43. The predicted molar refractivity (Wildman–Crippen MR) is 157 cm³/mol. The summed E-state index contributed by atoms with van der Waals surface area (Å²) in [5.41, 5.74) is 1.43. The van der Waals surface area contributed by atoms with E-state index in [0.717, 1.165) is 17.3 Å². The largest absolute Gasteiger partial charge is 0.481 e. The number of ether oxygens (including phenoxy) is 1. The zero-order valence-electron chi connectivity index (χ0n) is 24.1. The number of amides is 1. The summed E-state index contributed by atoms with van der Waals surface area (Å²) < 4.78 is 20.0. The van der Waals surface area contributed by atoms with Gasteiger partial charge in [-0.2, -0.15) is 0 Å². The molecule has 226 valence electrons. The number of hydrogen-bond acceptors (Lipinski definition) is 10. The molecular weight excluding hydrogens is 569 g/mol. The van der Waals surface area contributed by atoms with Crippen LogP contribution < -0.4 is 14.5 Å². The number of aryl methyl sites for hydroxylation is 1. The van der Waals surface area contributed by atoms with Gasteiger partial charge in [0, 0.05) is 37.5 Å². The summed E-state index contributed by atoms with van der Waals surface area (Å²) in [5, 5.41) is 20.9. The maximum absolute atomic E-state index is 14.7. The highest BCUT2D eigenvalue weighted by Gasteiger charge is 2.59. The standard InChI is InChI=1S/C31H30FN7O5/c1-19-4-3-11-33-25(19)17-37-12-9-31(10-13-37)29(42)38(30(43)39(31)26-15-27(44-2)36-18-35-26)21-6-8-24(34-16-21)22-7-5-20(28(40)41)14-23(22)32/h3-8,11,14-16,18,30,43H,9-10,12-13,17H2,1-2H3,(H,40,41). The van der Waals surface area contributed by atoms with Gasteiger partial charge in [0.15, 0.2) is 0 Å². The van der Waals surface area contributed by atoms with Crippen LogP contribution in [0.1, 0.15) is 34.5 Å². The number of aromatic nitrogens is 4. The third-order valence-corrected chi connectivity index (χ3v) is 8.32. The fourth-order valence-electron chi connectivity index (χ4n) is 5.91. The van der Waals surface area contributed by atoms with E-state index in [4.69, 9.17) is 9.84 Å². The molecule has 44 heavy (non-hydrogen) atoms. The number of halogens is 1. The van der Waals surface area contributed by atoms with Crippen LogP contribution in [0.3, 0.4) is 0 Å². The summed E-state index contributed by atoms with van der Waals surface area (Å²) in [5.74, 6) is -1.67. The molecule has 5 heterocycles. The second kappa shape index (κ2) is 11.6. The van der Waals surface area contributed by atoms with Gasteiger partial charge >= 0.3 is 5.97 Å². The quantitative estimate of drug-likeness (QED) is 0.323. The zero-order chi connectivity index (χ0) is 31.0. The van der Waals surface area contributed by atoms with Gasteiger partial charge in [-0.3, -0.25) is 29.5 Å². The van der Waals surface area contributed by atoms with E-state index < -0.39 is 23.7 Å². The Hall–Kier alpha value is -5.01. The number of carboxylic acids is 1. The first-order chi connectivity index (χ1) is 21.2. The number of pyridine rings is 2. The molecule has 0 radical (unpaired) electrons. The Kier molecular flexibility index (Phi) is 7.66. The van der Waals surface area contributed by atoms with E-state index in [1.165, 1.54) is 42.7 Å². The molecule has 2 saturated heterocycles. The molecule has 1 spiro atoms. The number of hydrogen-bond donors (Lipinski definition) is 2. The Morgan fingerprint density at radius 1 is 1.09 bits per heavy atom. The molecule has 2 fully saturated rings. The molecule has 1 aromatic carbocycles. The number of likely N-dealkylation sites (tertiary alicyclic amines) is 1. The van der Waals surface area contributed by atoms with E-state index in [9.17, 15) is 19.1 Å². The first-order valence-electron chi connectivity index (χ1n) is 14.0. The van der Waals surface area contributed by atoms with Crippen LogP contribution in [0, 0.1) is 12.7 Å². The van der Waals surface area contributed by atoms with Gasteiger partial charge in [-0.15, -0.1) is 0 Å². The maximum Gasteiger partial charge on any atom is 0.335 e. The number of aliphatic hydroxyl groups excluding tert-OH is 1. The molecule has 0 saturated carbocycles. The van der Waals surface area contributed by atoms with E-state index in [1.54, 1.807) is 23.2 Å². The smallest absolute Gasteiger partial charge is 0.335 e. The van der Waals surface area contributed by atoms with E-state index in [0.29, 0.717) is 44.0 Å². The molecule has 2 aliphatic heterocycles. The van der Waals surface area contributed by atoms with Gasteiger partial charge in [0.1, 0.15) is 23.5 Å². The molecule has 0 aliphatic carbocycles. The van der Waals surface area contributed by atoms with Crippen molar-refractivity contribution in [2.45, 2.75) is 38.2 Å². The van der Waals surface area contributed by atoms with Gasteiger partial charge in [0.25, 0.3) is 5.91 Å². The van der Waals surface area contributed by atoms with Crippen molar-refractivity contribution in [2.75, 3.05) is 30.0 Å². The Labute approximate surface area is 252 Å². The maximum atomic E-state index is 14.7. The van der Waals surface area contributed by atoms with Gasteiger partial charge < -0.3 is 14.9 Å². The minimum Gasteiger partial charge on any atom is -0.481 e. The fourth-order valence-corrected chi connectivity index (χ4v) is 5.91. The first-order valence-corrected chi connectivity index (χ1v) is 14.0. The van der Waals surface area contributed by atoms with Crippen LogP contribution >= 0.6 is 0 Å². The summed E-state index contributed by atoms with van der Waals surface area (Å²) in [6, 6.07) is 12.2. The molecule has 2 N–H and O–H groups in total. The van der Waals surface area contributed by atoms with Crippen molar-refractivity contribution < 1.29 is 28.9 Å².